The molecule has 1 heterocycles. The second-order valence-electron chi connectivity index (χ2n) is 5.61. The Morgan fingerprint density at radius 1 is 1.07 bits per heavy atom. The van der Waals surface area contributed by atoms with Crippen LogP contribution >= 0.6 is 0 Å². The van der Waals surface area contributed by atoms with Gasteiger partial charge >= 0.3 is 6.18 Å². The van der Waals surface area contributed by atoms with E-state index in [-0.39, 0.29) is 16.8 Å². The molecule has 1 N–H and O–H groups in total. The Morgan fingerprint density at radius 3 is 2.41 bits per heavy atom. The van der Waals surface area contributed by atoms with Gasteiger partial charge in [-0.15, -0.1) is 0 Å². The fourth-order valence-electron chi connectivity index (χ4n) is 2.71. The van der Waals surface area contributed by atoms with E-state index < -0.39 is 41.6 Å². The molecule has 0 unspecified atom stereocenters. The number of fused-ring (bicyclic) bond motifs is 1. The standard InChI is InChI=1S/C18H10F3N3O3/c19-18(20,21)14-4-2-1-3-12(14)15(25)23-10-5-6-11-13(9-10)17(27)24(8-7-22)16(11)26/h1-6,9H,8H2,(H,23,25). The molecule has 0 saturated heterocycles. The topological polar surface area (TPSA) is 90.3 Å². The Labute approximate surface area is 150 Å². The van der Waals surface area contributed by atoms with Crippen molar-refractivity contribution >= 4 is 23.4 Å². The monoisotopic (exact) mass is 373 g/mol. The van der Waals surface area contributed by atoms with E-state index in [9.17, 15) is 27.6 Å². The molecular formula is C18H10F3N3O3. The Morgan fingerprint density at radius 2 is 1.74 bits per heavy atom. The van der Waals surface area contributed by atoms with Crippen LogP contribution in [0.5, 0.6) is 0 Å². The van der Waals surface area contributed by atoms with E-state index in [1.165, 1.54) is 30.3 Å². The number of carbonyl (C=O) groups excluding carboxylic acids is 3. The number of nitrogens with one attached hydrogen (secondary N) is 1. The molecule has 0 radical (unpaired) electrons. The molecule has 2 aromatic rings. The van der Waals surface area contributed by atoms with Crippen molar-refractivity contribution in [2.45, 2.75) is 6.18 Å². The van der Waals surface area contributed by atoms with Crippen LogP contribution in [-0.4, -0.2) is 29.2 Å². The van der Waals surface area contributed by atoms with Gasteiger partial charge in [-0.05, 0) is 30.3 Å². The number of rotatable bonds is 3. The number of benzene rings is 2. The Kier molecular flexibility index (Phi) is 4.41. The molecule has 1 aliphatic heterocycles. The van der Waals surface area contributed by atoms with Gasteiger partial charge < -0.3 is 5.32 Å². The van der Waals surface area contributed by atoms with E-state index in [0.717, 1.165) is 17.0 Å². The van der Waals surface area contributed by atoms with E-state index in [1.807, 2.05) is 0 Å². The molecule has 9 heteroatoms. The van der Waals surface area contributed by atoms with Gasteiger partial charge in [0, 0.05) is 5.69 Å². The van der Waals surface area contributed by atoms with E-state index in [4.69, 9.17) is 5.26 Å². The normalized spacial score (nSPS) is 13.3. The summed E-state index contributed by atoms with van der Waals surface area (Å²) in [6, 6.07) is 9.77. The van der Waals surface area contributed by atoms with Gasteiger partial charge in [-0.25, -0.2) is 0 Å². The van der Waals surface area contributed by atoms with Gasteiger partial charge in [-0.2, -0.15) is 18.4 Å². The highest BCUT2D eigenvalue weighted by atomic mass is 19.4. The van der Waals surface area contributed by atoms with Crippen LogP contribution in [0.1, 0.15) is 36.6 Å². The maximum absolute atomic E-state index is 13.0. The molecule has 1 aliphatic rings. The summed E-state index contributed by atoms with van der Waals surface area (Å²) in [5.41, 5.74) is -1.58. The highest BCUT2D eigenvalue weighted by Crippen LogP contribution is 2.32. The number of hydrogen-bond donors (Lipinski definition) is 1. The zero-order chi connectivity index (χ0) is 19.8. The van der Waals surface area contributed by atoms with Gasteiger partial charge in [0.1, 0.15) is 6.54 Å². The summed E-state index contributed by atoms with van der Waals surface area (Å²) >= 11 is 0. The van der Waals surface area contributed by atoms with Crippen LogP contribution in [0.25, 0.3) is 0 Å². The third-order valence-electron chi connectivity index (χ3n) is 3.93. The van der Waals surface area contributed by atoms with Crippen molar-refractivity contribution in [2.24, 2.45) is 0 Å². The average Bonchev–Trinajstić information content (AvgIpc) is 2.86. The fourth-order valence-corrected chi connectivity index (χ4v) is 2.71. The molecule has 6 nitrogen and oxygen atoms in total. The number of halogens is 3. The second-order valence-corrected chi connectivity index (χ2v) is 5.61. The minimum Gasteiger partial charge on any atom is -0.322 e. The number of hydrogen-bond acceptors (Lipinski definition) is 4. The van der Waals surface area contributed by atoms with Crippen LogP contribution in [0.2, 0.25) is 0 Å². The molecule has 0 fully saturated rings. The van der Waals surface area contributed by atoms with Crippen LogP contribution < -0.4 is 5.32 Å². The summed E-state index contributed by atoms with van der Waals surface area (Å²) in [4.78, 5) is 37.3. The Bertz CT molecular complexity index is 1010. The van der Waals surface area contributed by atoms with Crippen LogP contribution in [0, 0.1) is 11.3 Å². The Hall–Kier alpha value is -3.67. The lowest BCUT2D eigenvalue weighted by atomic mass is 10.1. The number of nitrogens with zero attached hydrogens (tertiary/aromatic N) is 2. The first-order valence-electron chi connectivity index (χ1n) is 7.59. The molecule has 0 saturated carbocycles. The summed E-state index contributed by atoms with van der Waals surface area (Å²) < 4.78 is 39.1. The summed E-state index contributed by atoms with van der Waals surface area (Å²) in [5, 5.41) is 11.0. The van der Waals surface area contributed by atoms with Gasteiger partial charge in [0.25, 0.3) is 17.7 Å². The quantitative estimate of drug-likeness (QED) is 0.661. The minimum absolute atomic E-state index is 0.0304. The van der Waals surface area contributed by atoms with Crippen LogP contribution in [0.15, 0.2) is 42.5 Å². The third kappa shape index (κ3) is 3.25. The molecule has 27 heavy (non-hydrogen) atoms. The lowest BCUT2D eigenvalue weighted by Crippen LogP contribution is -2.29. The van der Waals surface area contributed by atoms with Gasteiger partial charge in [0.05, 0.1) is 28.3 Å². The SMILES string of the molecule is N#CCN1C(=O)c2ccc(NC(=O)c3ccccc3C(F)(F)F)cc2C1=O. The molecule has 2 aromatic carbocycles. The highest BCUT2D eigenvalue weighted by molar-refractivity contribution is 6.22. The van der Waals surface area contributed by atoms with E-state index in [0.29, 0.717) is 0 Å². The van der Waals surface area contributed by atoms with Crippen LogP contribution in [0.4, 0.5) is 18.9 Å². The molecule has 3 rings (SSSR count). The van der Waals surface area contributed by atoms with E-state index in [1.54, 1.807) is 6.07 Å². The molecule has 3 amide bonds. The van der Waals surface area contributed by atoms with E-state index in [2.05, 4.69) is 5.32 Å². The summed E-state index contributed by atoms with van der Waals surface area (Å²) in [6.07, 6.45) is -4.70. The summed E-state index contributed by atoms with van der Waals surface area (Å²) in [6.45, 7) is -0.424. The zero-order valence-corrected chi connectivity index (χ0v) is 13.5. The zero-order valence-electron chi connectivity index (χ0n) is 13.5. The predicted molar refractivity (Wildman–Crippen MR) is 86.8 cm³/mol. The first-order chi connectivity index (χ1) is 12.7. The number of imide groups is 1. The number of amides is 3. The summed E-state index contributed by atoms with van der Waals surface area (Å²) in [7, 11) is 0. The van der Waals surface area contributed by atoms with Crippen LogP contribution in [-0.2, 0) is 6.18 Å². The van der Waals surface area contributed by atoms with Crippen molar-refractivity contribution in [1.29, 1.82) is 5.26 Å². The van der Waals surface area contributed by atoms with Gasteiger partial charge in [-0.3, -0.25) is 19.3 Å². The number of nitriles is 1. The maximum Gasteiger partial charge on any atom is 0.417 e. The number of carbonyl (C=O) groups is 3. The second kappa shape index (κ2) is 6.57. The lowest BCUT2D eigenvalue weighted by Gasteiger charge is -2.13. The Balaban J connectivity index is 1.90. The van der Waals surface area contributed by atoms with E-state index >= 15 is 0 Å². The smallest absolute Gasteiger partial charge is 0.322 e. The molecular weight excluding hydrogens is 363 g/mol. The summed E-state index contributed by atoms with van der Waals surface area (Å²) in [5.74, 6) is -2.35. The predicted octanol–water partition coefficient (Wildman–Crippen LogP) is 3.08. The van der Waals surface area contributed by atoms with Gasteiger partial charge in [0.15, 0.2) is 0 Å². The average molecular weight is 373 g/mol. The lowest BCUT2D eigenvalue weighted by molar-refractivity contribution is -0.137. The minimum atomic E-state index is -4.70. The largest absolute Gasteiger partial charge is 0.417 e. The fraction of sp³-hybridized carbons (Fsp3) is 0.111. The first kappa shape index (κ1) is 18.1. The maximum atomic E-state index is 13.0. The van der Waals surface area contributed by atoms with Crippen molar-refractivity contribution in [2.75, 3.05) is 11.9 Å². The molecule has 0 bridgehead atoms. The molecule has 0 spiro atoms. The first-order valence-corrected chi connectivity index (χ1v) is 7.59. The van der Waals surface area contributed by atoms with Crippen LogP contribution in [0.3, 0.4) is 0 Å². The number of anilines is 1. The van der Waals surface area contributed by atoms with Crippen molar-refractivity contribution in [3.63, 3.8) is 0 Å². The molecule has 0 aliphatic carbocycles. The van der Waals surface area contributed by atoms with Gasteiger partial charge in [0.2, 0.25) is 0 Å². The third-order valence-corrected chi connectivity index (χ3v) is 3.93. The molecule has 0 atom stereocenters. The van der Waals surface area contributed by atoms with Crippen molar-refractivity contribution in [3.8, 4) is 6.07 Å². The van der Waals surface area contributed by atoms with Crippen molar-refractivity contribution in [3.05, 3.63) is 64.7 Å². The van der Waals surface area contributed by atoms with Crippen molar-refractivity contribution in [1.82, 2.24) is 4.90 Å². The van der Waals surface area contributed by atoms with Gasteiger partial charge in [-0.1, -0.05) is 12.1 Å². The highest BCUT2D eigenvalue weighted by Gasteiger charge is 2.36. The number of alkyl halides is 3. The van der Waals surface area contributed by atoms with Crippen molar-refractivity contribution < 1.29 is 27.6 Å². The molecule has 136 valence electrons. The molecule has 0 aromatic heterocycles.